The molecule has 4 saturated carbocycles. The molecule has 0 amide bonds. The summed E-state index contributed by atoms with van der Waals surface area (Å²) in [6.45, 7) is 2.86. The third-order valence-electron chi connectivity index (χ3n) is 16.4. The number of halogens is 8. The first-order valence-electron chi connectivity index (χ1n) is 29.5. The molecule has 4 aromatic carbocycles. The number of rotatable bonds is 8. The monoisotopic (exact) mass is 1250 g/mol. The summed E-state index contributed by atoms with van der Waals surface area (Å²) in [4.78, 5) is 11.5. The molecule has 2 aliphatic heterocycles. The minimum atomic E-state index is -6.00. The summed E-state index contributed by atoms with van der Waals surface area (Å²) in [5.74, 6) is 0. The van der Waals surface area contributed by atoms with Crippen molar-refractivity contribution in [3.05, 3.63) is 121 Å². The van der Waals surface area contributed by atoms with Crippen molar-refractivity contribution < 1.29 is 51.0 Å². The predicted molar refractivity (Wildman–Crippen MR) is 338 cm³/mol. The summed E-state index contributed by atoms with van der Waals surface area (Å²) in [6.07, 6.45) is 40.3. The van der Waals surface area contributed by atoms with Gasteiger partial charge in [-0.1, -0.05) is 98.5 Å². The fourth-order valence-electron chi connectivity index (χ4n) is 12.7. The van der Waals surface area contributed by atoms with Crippen LogP contribution < -0.4 is 19.6 Å². The van der Waals surface area contributed by atoms with Crippen LogP contribution in [0.2, 0.25) is 0 Å². The van der Waals surface area contributed by atoms with Crippen molar-refractivity contribution in [2.24, 2.45) is 0 Å². The van der Waals surface area contributed by atoms with Crippen molar-refractivity contribution in [3.8, 4) is 12.1 Å². The van der Waals surface area contributed by atoms with Crippen LogP contribution in [0.5, 0.6) is 0 Å². The minimum absolute atomic E-state index is 0. The van der Waals surface area contributed by atoms with Gasteiger partial charge >= 0.3 is 31.0 Å². The van der Waals surface area contributed by atoms with Crippen LogP contribution in [0.15, 0.2) is 121 Å². The molecule has 0 aromatic heterocycles. The molecule has 6 fully saturated rings. The zero-order valence-corrected chi connectivity index (χ0v) is 52.8. The van der Waals surface area contributed by atoms with Crippen LogP contribution in [-0.2, 0) is 16.5 Å². The summed E-state index contributed by atoms with van der Waals surface area (Å²) < 4.78 is 78.0. The molecule has 6 nitrogen and oxygen atoms in total. The third-order valence-corrected chi connectivity index (χ3v) is 29.6. The second-order valence-corrected chi connectivity index (χ2v) is 33.2. The molecule has 21 heteroatoms. The van der Waals surface area contributed by atoms with E-state index in [2.05, 4.69) is 141 Å². The number of benzene rings is 4. The van der Waals surface area contributed by atoms with E-state index in [0.717, 1.165) is 22.6 Å². The van der Waals surface area contributed by atoms with E-state index in [9.17, 15) is 34.5 Å². The van der Waals surface area contributed by atoms with E-state index in [1.165, 1.54) is 215 Å². The second-order valence-electron chi connectivity index (χ2n) is 22.2. The SMILES string of the molecule is CC#N.CC#N.F[B-](F)(F)F.F[B-](F)(F)F.[Ni+2].c1ccc(N2C[PH+](C3CCCCC3)CN(c3ccccc3)C[PH+](C3CCCCC3)C2)cc1.c1ccc(N2C[PH+](C3CCCCC3)CN(c3ccccc3)C[PH+](C3CCCCC3)C2)cc1. The smallest absolute Gasteiger partial charge is 0.418 e. The van der Waals surface area contributed by atoms with Crippen molar-refractivity contribution in [2.45, 2.75) is 165 Å². The van der Waals surface area contributed by atoms with Crippen molar-refractivity contribution >= 4 is 68.9 Å². The molecule has 0 bridgehead atoms. The average Bonchev–Trinajstić information content (AvgIpc) is 3.45. The summed E-state index contributed by atoms with van der Waals surface area (Å²) in [7, 11) is -13.9. The van der Waals surface area contributed by atoms with Crippen molar-refractivity contribution in [1.29, 1.82) is 10.5 Å². The van der Waals surface area contributed by atoms with E-state index in [1.54, 1.807) is 12.1 Å². The van der Waals surface area contributed by atoms with Crippen LogP contribution >= 0.6 is 31.7 Å². The number of hydrogen-bond donors (Lipinski definition) is 0. The molecule has 81 heavy (non-hydrogen) atoms. The normalized spacial score (nSPS) is 22.6. The fraction of sp³-hybridized carbons (Fsp3) is 0.567. The van der Waals surface area contributed by atoms with Crippen molar-refractivity contribution in [1.82, 2.24) is 0 Å². The van der Waals surface area contributed by atoms with Crippen LogP contribution in [0.1, 0.15) is 142 Å². The van der Waals surface area contributed by atoms with Crippen molar-refractivity contribution in [2.75, 3.05) is 69.9 Å². The largest absolute Gasteiger partial charge is 2.00 e. The average molecular weight is 1250 g/mol. The fourth-order valence-corrected chi connectivity index (χ4v) is 27.3. The number of nitriles is 2. The molecule has 0 radical (unpaired) electrons. The van der Waals surface area contributed by atoms with Gasteiger partial charge in [0.25, 0.3) is 0 Å². The van der Waals surface area contributed by atoms with Gasteiger partial charge < -0.3 is 54.1 Å². The quantitative estimate of drug-likeness (QED) is 0.0995. The van der Waals surface area contributed by atoms with Crippen LogP contribution in [0.3, 0.4) is 0 Å². The molecule has 2 heterocycles. The second kappa shape index (κ2) is 38.7. The van der Waals surface area contributed by atoms with Crippen LogP contribution in [0.4, 0.5) is 57.3 Å². The van der Waals surface area contributed by atoms with Crippen LogP contribution in [0.25, 0.3) is 0 Å². The molecule has 0 N–H and O–H groups in total. The minimum Gasteiger partial charge on any atom is -0.418 e. The summed E-state index contributed by atoms with van der Waals surface area (Å²) in [5, 5.41) is 14.6. The molecular weight excluding hydrogens is 1160 g/mol. The molecule has 2 saturated heterocycles. The van der Waals surface area contributed by atoms with Crippen LogP contribution in [-0.4, -0.2) is 87.4 Å². The van der Waals surface area contributed by atoms with Crippen molar-refractivity contribution in [3.63, 3.8) is 0 Å². The van der Waals surface area contributed by atoms with Gasteiger partial charge in [0.2, 0.25) is 0 Å². The van der Waals surface area contributed by atoms with Gasteiger partial charge in [-0.2, -0.15) is 10.5 Å². The number of hydrogen-bond acceptors (Lipinski definition) is 6. The molecule has 0 atom stereocenters. The van der Waals surface area contributed by atoms with Gasteiger partial charge in [-0.3, -0.25) is 0 Å². The first-order chi connectivity index (χ1) is 38.6. The summed E-state index contributed by atoms with van der Waals surface area (Å²) >= 11 is 0. The summed E-state index contributed by atoms with van der Waals surface area (Å²) in [6, 6.07) is 49.4. The van der Waals surface area contributed by atoms with Gasteiger partial charge in [0.05, 0.1) is 34.8 Å². The Bertz CT molecular complexity index is 1990. The maximum atomic E-state index is 9.75. The van der Waals surface area contributed by atoms with Gasteiger partial charge in [-0.25, -0.2) is 0 Å². The Labute approximate surface area is 496 Å². The van der Waals surface area contributed by atoms with E-state index in [4.69, 9.17) is 10.5 Å². The van der Waals surface area contributed by atoms with E-state index in [1.807, 2.05) is 0 Å². The Morgan fingerprint density at radius 3 is 0.593 bits per heavy atom. The Kier molecular flexibility index (Phi) is 33.6. The molecule has 448 valence electrons. The zero-order chi connectivity index (χ0) is 57.6. The topological polar surface area (TPSA) is 60.5 Å². The Hall–Kier alpha value is -3.16. The first kappa shape index (κ1) is 70.3. The zero-order valence-electron chi connectivity index (χ0n) is 47.8. The van der Waals surface area contributed by atoms with Gasteiger partial charge in [0.1, 0.15) is 50.3 Å². The molecule has 10 rings (SSSR count). The molecular formula is C60H90B2F8N6NiP4+4. The number of nitrogens with zero attached hydrogens (tertiary/aromatic N) is 6. The van der Waals surface area contributed by atoms with E-state index < -0.39 is 46.2 Å². The maximum absolute atomic E-state index is 9.75. The standard InChI is InChI=1S/2C28H40N2P2.2C2H3N.2BF4.Ni/c2*1-5-13-25(14-6-1)29-21-31(27-17-9-3-10-18-27)23-30(26-15-7-2-8-16-26)24-32(22-29)28-19-11-4-12-20-28;2*1-2-3;2*2-1(3,4)5;/h2*1-2,5-8,13-16,27-28H,3-4,9-12,17-24H2;2*1H3;;;/q;;;;2*-1;+2/p+4. The van der Waals surface area contributed by atoms with E-state index >= 15 is 0 Å². The first-order valence-corrected chi connectivity index (χ1v) is 37.5. The molecule has 4 aromatic rings. The Balaban J connectivity index is 0.000000273. The summed E-state index contributed by atoms with van der Waals surface area (Å²) in [5.41, 5.74) is 9.97. The number of para-hydroxylation sites is 4. The Morgan fingerprint density at radius 2 is 0.457 bits per heavy atom. The van der Waals surface area contributed by atoms with E-state index in [-0.39, 0.29) is 16.5 Å². The van der Waals surface area contributed by atoms with Gasteiger partial charge in [0, 0.05) is 68.3 Å². The van der Waals surface area contributed by atoms with Crippen LogP contribution in [0, 0.1) is 22.7 Å². The molecule has 4 aliphatic carbocycles. The van der Waals surface area contributed by atoms with E-state index in [0.29, 0.717) is 0 Å². The maximum Gasteiger partial charge on any atom is 2.00 e. The predicted octanol–water partition coefficient (Wildman–Crippen LogP) is 19.5. The molecule has 0 spiro atoms. The van der Waals surface area contributed by atoms with Gasteiger partial charge in [-0.15, -0.1) is 0 Å². The Morgan fingerprint density at radius 1 is 0.321 bits per heavy atom. The number of anilines is 4. The third kappa shape index (κ3) is 27.6. The molecule has 0 unspecified atom stereocenters. The molecule has 6 aliphatic rings. The van der Waals surface area contributed by atoms with Gasteiger partial charge in [-0.05, 0) is 151 Å². The van der Waals surface area contributed by atoms with Gasteiger partial charge in [0.15, 0.2) is 0 Å².